The second-order valence-corrected chi connectivity index (χ2v) is 3.16. The van der Waals surface area contributed by atoms with Gasteiger partial charge in [-0.2, -0.15) is 0 Å². The van der Waals surface area contributed by atoms with Gasteiger partial charge in [-0.3, -0.25) is 4.79 Å². The van der Waals surface area contributed by atoms with Crippen molar-refractivity contribution >= 4 is 5.91 Å². The van der Waals surface area contributed by atoms with Crippen molar-refractivity contribution in [2.45, 2.75) is 46.1 Å². The lowest BCUT2D eigenvalue weighted by Crippen LogP contribution is -2.35. The quantitative estimate of drug-likeness (QED) is 0.616. The van der Waals surface area contributed by atoms with Crippen molar-refractivity contribution in [3.05, 3.63) is 0 Å². The van der Waals surface area contributed by atoms with Crippen molar-refractivity contribution in [2.24, 2.45) is 0 Å². The van der Waals surface area contributed by atoms with Gasteiger partial charge in [-0.1, -0.05) is 20.3 Å². The first-order valence-electron chi connectivity index (χ1n) is 5.11. The van der Waals surface area contributed by atoms with Gasteiger partial charge in [0, 0.05) is 13.2 Å². The number of carbonyl (C=O) groups excluding carboxylic acids is 1. The van der Waals surface area contributed by atoms with Crippen LogP contribution in [0.25, 0.3) is 0 Å². The standard InChI is InChI=1S/C10H21NO2/c1-4-6-8-13-9(3)10(12)11-7-5-2/h9H,4-8H2,1-3H3,(H,11,12). The summed E-state index contributed by atoms with van der Waals surface area (Å²) < 4.78 is 5.33. The fourth-order valence-corrected chi connectivity index (χ4v) is 0.872. The van der Waals surface area contributed by atoms with Crippen LogP contribution < -0.4 is 5.32 Å². The molecule has 0 fully saturated rings. The fourth-order valence-electron chi connectivity index (χ4n) is 0.872. The van der Waals surface area contributed by atoms with Crippen molar-refractivity contribution in [1.29, 1.82) is 0 Å². The van der Waals surface area contributed by atoms with Crippen LogP contribution in [0.3, 0.4) is 0 Å². The van der Waals surface area contributed by atoms with Crippen LogP contribution in [0.2, 0.25) is 0 Å². The molecule has 78 valence electrons. The van der Waals surface area contributed by atoms with Crippen LogP contribution in [0.5, 0.6) is 0 Å². The third-order valence-electron chi connectivity index (χ3n) is 1.78. The highest BCUT2D eigenvalue weighted by molar-refractivity contribution is 5.80. The highest BCUT2D eigenvalue weighted by Gasteiger charge is 2.11. The maximum Gasteiger partial charge on any atom is 0.248 e. The van der Waals surface area contributed by atoms with Gasteiger partial charge in [0.25, 0.3) is 0 Å². The van der Waals surface area contributed by atoms with Crippen LogP contribution in [0, 0.1) is 0 Å². The number of rotatable bonds is 7. The third-order valence-corrected chi connectivity index (χ3v) is 1.78. The molecule has 1 N–H and O–H groups in total. The van der Waals surface area contributed by atoms with E-state index in [0.29, 0.717) is 6.61 Å². The second-order valence-electron chi connectivity index (χ2n) is 3.16. The van der Waals surface area contributed by atoms with Gasteiger partial charge in [-0.25, -0.2) is 0 Å². The second kappa shape index (κ2) is 8.05. The number of carbonyl (C=O) groups is 1. The molecule has 1 atom stereocenters. The SMILES string of the molecule is CCCCOC(C)C(=O)NCCC. The molecule has 1 unspecified atom stereocenters. The average molecular weight is 187 g/mol. The monoisotopic (exact) mass is 187 g/mol. The Labute approximate surface area is 80.8 Å². The Bertz CT molecular complexity index is 137. The van der Waals surface area contributed by atoms with Crippen LogP contribution in [-0.2, 0) is 9.53 Å². The zero-order chi connectivity index (χ0) is 10.1. The summed E-state index contributed by atoms with van der Waals surface area (Å²) in [6, 6.07) is 0. The number of amides is 1. The highest BCUT2D eigenvalue weighted by atomic mass is 16.5. The predicted molar refractivity (Wildman–Crippen MR) is 53.6 cm³/mol. The van der Waals surface area contributed by atoms with E-state index in [1.807, 2.05) is 6.92 Å². The average Bonchev–Trinajstić information content (AvgIpc) is 2.14. The van der Waals surface area contributed by atoms with Crippen LogP contribution in [0.4, 0.5) is 0 Å². The van der Waals surface area contributed by atoms with Gasteiger partial charge in [0.15, 0.2) is 0 Å². The molecule has 0 aromatic rings. The molecule has 0 saturated carbocycles. The van der Waals surface area contributed by atoms with E-state index in [0.717, 1.165) is 25.8 Å². The fraction of sp³-hybridized carbons (Fsp3) is 0.900. The molecule has 0 radical (unpaired) electrons. The highest BCUT2D eigenvalue weighted by Crippen LogP contribution is 1.94. The zero-order valence-corrected chi connectivity index (χ0v) is 8.93. The largest absolute Gasteiger partial charge is 0.369 e. The molecule has 1 amide bonds. The molecule has 0 aliphatic heterocycles. The molecule has 0 aliphatic rings. The van der Waals surface area contributed by atoms with E-state index < -0.39 is 0 Å². The van der Waals surface area contributed by atoms with E-state index in [1.54, 1.807) is 6.92 Å². The molecule has 3 nitrogen and oxygen atoms in total. The van der Waals surface area contributed by atoms with E-state index in [1.165, 1.54) is 0 Å². The van der Waals surface area contributed by atoms with Crippen molar-refractivity contribution in [2.75, 3.05) is 13.2 Å². The summed E-state index contributed by atoms with van der Waals surface area (Å²) in [4.78, 5) is 11.3. The molecule has 0 saturated heterocycles. The summed E-state index contributed by atoms with van der Waals surface area (Å²) in [7, 11) is 0. The molecular formula is C10H21NO2. The van der Waals surface area contributed by atoms with E-state index in [-0.39, 0.29) is 12.0 Å². The molecule has 0 spiro atoms. The smallest absolute Gasteiger partial charge is 0.248 e. The van der Waals surface area contributed by atoms with E-state index in [9.17, 15) is 4.79 Å². The van der Waals surface area contributed by atoms with Gasteiger partial charge < -0.3 is 10.1 Å². The summed E-state index contributed by atoms with van der Waals surface area (Å²) in [6.45, 7) is 7.34. The minimum atomic E-state index is -0.307. The number of nitrogens with one attached hydrogen (secondary N) is 1. The Morgan fingerprint density at radius 3 is 2.62 bits per heavy atom. The minimum absolute atomic E-state index is 0.00190. The number of hydrogen-bond acceptors (Lipinski definition) is 2. The van der Waals surface area contributed by atoms with Crippen LogP contribution in [0.1, 0.15) is 40.0 Å². The summed E-state index contributed by atoms with van der Waals surface area (Å²) in [5, 5.41) is 2.80. The normalized spacial score (nSPS) is 12.5. The van der Waals surface area contributed by atoms with E-state index in [2.05, 4.69) is 12.2 Å². The molecule has 0 aromatic heterocycles. The van der Waals surface area contributed by atoms with Gasteiger partial charge in [0.2, 0.25) is 5.91 Å². The first-order chi connectivity index (χ1) is 6.22. The minimum Gasteiger partial charge on any atom is -0.369 e. The Balaban J connectivity index is 3.45. The number of unbranched alkanes of at least 4 members (excludes halogenated alkanes) is 1. The number of ether oxygens (including phenoxy) is 1. The zero-order valence-electron chi connectivity index (χ0n) is 8.93. The maximum absolute atomic E-state index is 11.3. The van der Waals surface area contributed by atoms with Crippen molar-refractivity contribution < 1.29 is 9.53 Å². The van der Waals surface area contributed by atoms with Crippen molar-refractivity contribution in [1.82, 2.24) is 5.32 Å². The molecule has 3 heteroatoms. The Hall–Kier alpha value is -0.570. The lowest BCUT2D eigenvalue weighted by molar-refractivity contribution is -0.131. The molecule has 0 rings (SSSR count). The molecule has 0 heterocycles. The number of hydrogen-bond donors (Lipinski definition) is 1. The first-order valence-corrected chi connectivity index (χ1v) is 5.11. The lowest BCUT2D eigenvalue weighted by Gasteiger charge is -2.12. The topological polar surface area (TPSA) is 38.3 Å². The molecule has 0 aliphatic carbocycles. The van der Waals surface area contributed by atoms with Gasteiger partial charge >= 0.3 is 0 Å². The first kappa shape index (κ1) is 12.4. The third kappa shape index (κ3) is 6.58. The Kier molecular flexibility index (Phi) is 7.69. The Morgan fingerprint density at radius 1 is 1.38 bits per heavy atom. The van der Waals surface area contributed by atoms with Gasteiger partial charge in [-0.15, -0.1) is 0 Å². The van der Waals surface area contributed by atoms with Gasteiger partial charge in [0.1, 0.15) is 6.10 Å². The van der Waals surface area contributed by atoms with E-state index >= 15 is 0 Å². The molecule has 13 heavy (non-hydrogen) atoms. The van der Waals surface area contributed by atoms with Crippen molar-refractivity contribution in [3.8, 4) is 0 Å². The van der Waals surface area contributed by atoms with Crippen LogP contribution >= 0.6 is 0 Å². The van der Waals surface area contributed by atoms with Gasteiger partial charge in [0.05, 0.1) is 0 Å². The lowest BCUT2D eigenvalue weighted by atomic mass is 10.3. The summed E-state index contributed by atoms with van der Waals surface area (Å²) in [5.41, 5.74) is 0. The summed E-state index contributed by atoms with van der Waals surface area (Å²) in [6.07, 6.45) is 2.78. The molecular weight excluding hydrogens is 166 g/mol. The van der Waals surface area contributed by atoms with Crippen LogP contribution in [-0.4, -0.2) is 25.2 Å². The van der Waals surface area contributed by atoms with Crippen molar-refractivity contribution in [3.63, 3.8) is 0 Å². The molecule has 0 bridgehead atoms. The van der Waals surface area contributed by atoms with E-state index in [4.69, 9.17) is 4.74 Å². The molecule has 0 aromatic carbocycles. The predicted octanol–water partition coefficient (Wildman–Crippen LogP) is 1.72. The Morgan fingerprint density at radius 2 is 2.08 bits per heavy atom. The van der Waals surface area contributed by atoms with Gasteiger partial charge in [-0.05, 0) is 19.8 Å². The van der Waals surface area contributed by atoms with Crippen LogP contribution in [0.15, 0.2) is 0 Å². The summed E-state index contributed by atoms with van der Waals surface area (Å²) >= 11 is 0. The maximum atomic E-state index is 11.3. The summed E-state index contributed by atoms with van der Waals surface area (Å²) in [5.74, 6) is -0.00190.